The second-order valence-electron chi connectivity index (χ2n) is 5.10. The molecule has 1 atom stereocenters. The number of rotatable bonds is 8. The van der Waals surface area contributed by atoms with Crippen molar-refractivity contribution in [3.8, 4) is 11.5 Å². The lowest BCUT2D eigenvalue weighted by molar-refractivity contribution is -0.126. The standard InChI is InChI=1S/C15H21F2NO4/c1-9(2)8-21-10(3)14(19)18-11-5-6-12(20-4)13(7-11)22-15(16)17/h5-7,9-10,15H,8H2,1-4H3,(H,18,19). The molecule has 0 fully saturated rings. The Kier molecular flexibility index (Phi) is 7.04. The van der Waals surface area contributed by atoms with Gasteiger partial charge in [-0.3, -0.25) is 4.79 Å². The van der Waals surface area contributed by atoms with Crippen molar-refractivity contribution in [1.82, 2.24) is 0 Å². The quantitative estimate of drug-likeness (QED) is 0.799. The van der Waals surface area contributed by atoms with Crippen molar-refractivity contribution in [2.45, 2.75) is 33.5 Å². The molecule has 1 amide bonds. The highest BCUT2D eigenvalue weighted by Crippen LogP contribution is 2.31. The number of carbonyl (C=O) groups is 1. The molecule has 0 aliphatic carbocycles. The van der Waals surface area contributed by atoms with Crippen molar-refractivity contribution in [2.75, 3.05) is 19.0 Å². The predicted octanol–water partition coefficient (Wildman–Crippen LogP) is 3.30. The van der Waals surface area contributed by atoms with Crippen molar-refractivity contribution in [1.29, 1.82) is 0 Å². The summed E-state index contributed by atoms with van der Waals surface area (Å²) in [6.45, 7) is 3.05. The number of alkyl halides is 2. The fraction of sp³-hybridized carbons (Fsp3) is 0.533. The average molecular weight is 317 g/mol. The number of carbonyl (C=O) groups excluding carboxylic acids is 1. The third-order valence-electron chi connectivity index (χ3n) is 2.70. The second-order valence-corrected chi connectivity index (χ2v) is 5.10. The van der Waals surface area contributed by atoms with Crippen LogP contribution >= 0.6 is 0 Å². The van der Waals surface area contributed by atoms with Crippen LogP contribution in [0.4, 0.5) is 14.5 Å². The summed E-state index contributed by atoms with van der Waals surface area (Å²) in [6.07, 6.45) is -0.649. The first kappa shape index (κ1) is 18.2. The Hall–Kier alpha value is -1.89. The molecule has 0 radical (unpaired) electrons. The van der Waals surface area contributed by atoms with Gasteiger partial charge in [-0.05, 0) is 25.0 Å². The van der Waals surface area contributed by atoms with E-state index in [-0.39, 0.29) is 17.4 Å². The number of anilines is 1. The minimum absolute atomic E-state index is 0.147. The Balaban J connectivity index is 2.74. The molecule has 5 nitrogen and oxygen atoms in total. The number of methoxy groups -OCH3 is 1. The fourth-order valence-electron chi connectivity index (χ4n) is 1.60. The highest BCUT2D eigenvalue weighted by atomic mass is 19.3. The van der Waals surface area contributed by atoms with E-state index in [4.69, 9.17) is 9.47 Å². The van der Waals surface area contributed by atoms with E-state index in [1.165, 1.54) is 25.3 Å². The summed E-state index contributed by atoms with van der Waals surface area (Å²) < 4.78 is 39.4. The number of amides is 1. The molecule has 1 unspecified atom stereocenters. The van der Waals surface area contributed by atoms with Gasteiger partial charge in [0.1, 0.15) is 6.10 Å². The lowest BCUT2D eigenvalue weighted by atomic mass is 10.2. The van der Waals surface area contributed by atoms with Crippen LogP contribution in [0.15, 0.2) is 18.2 Å². The van der Waals surface area contributed by atoms with Gasteiger partial charge >= 0.3 is 6.61 Å². The van der Waals surface area contributed by atoms with E-state index >= 15 is 0 Å². The largest absolute Gasteiger partial charge is 0.493 e. The van der Waals surface area contributed by atoms with Crippen molar-refractivity contribution in [2.24, 2.45) is 5.92 Å². The van der Waals surface area contributed by atoms with Gasteiger partial charge in [0.25, 0.3) is 5.91 Å². The van der Waals surface area contributed by atoms with Crippen molar-refractivity contribution in [3.05, 3.63) is 18.2 Å². The minimum Gasteiger partial charge on any atom is -0.493 e. The molecule has 1 aromatic rings. The van der Waals surface area contributed by atoms with Gasteiger partial charge in [-0.15, -0.1) is 0 Å². The Morgan fingerprint density at radius 2 is 1.91 bits per heavy atom. The maximum Gasteiger partial charge on any atom is 0.387 e. The molecule has 0 saturated carbocycles. The second kappa shape index (κ2) is 8.53. The third-order valence-corrected chi connectivity index (χ3v) is 2.70. The Bertz CT molecular complexity index is 494. The first-order valence-electron chi connectivity index (χ1n) is 6.88. The molecule has 1 N–H and O–H groups in total. The zero-order valence-electron chi connectivity index (χ0n) is 13.1. The number of hydrogen-bond donors (Lipinski definition) is 1. The lowest BCUT2D eigenvalue weighted by Crippen LogP contribution is -2.28. The number of halogens is 2. The van der Waals surface area contributed by atoms with Gasteiger partial charge in [-0.1, -0.05) is 13.8 Å². The molecule has 22 heavy (non-hydrogen) atoms. The third kappa shape index (κ3) is 5.85. The Morgan fingerprint density at radius 1 is 1.23 bits per heavy atom. The van der Waals surface area contributed by atoms with Crippen LogP contribution in [0.2, 0.25) is 0 Å². The van der Waals surface area contributed by atoms with E-state index in [1.54, 1.807) is 6.92 Å². The minimum atomic E-state index is -2.98. The Morgan fingerprint density at radius 3 is 2.45 bits per heavy atom. The predicted molar refractivity (Wildman–Crippen MR) is 78.5 cm³/mol. The van der Waals surface area contributed by atoms with E-state index in [1.807, 2.05) is 13.8 Å². The van der Waals surface area contributed by atoms with Crippen LogP contribution in [0.3, 0.4) is 0 Å². The maximum atomic E-state index is 12.4. The van der Waals surface area contributed by atoms with Gasteiger partial charge in [0.05, 0.1) is 7.11 Å². The smallest absolute Gasteiger partial charge is 0.387 e. The molecule has 7 heteroatoms. The monoisotopic (exact) mass is 317 g/mol. The summed E-state index contributed by atoms with van der Waals surface area (Å²) in [6, 6.07) is 4.25. The van der Waals surface area contributed by atoms with E-state index in [0.717, 1.165) is 0 Å². The molecule has 1 aromatic carbocycles. The van der Waals surface area contributed by atoms with E-state index in [9.17, 15) is 13.6 Å². The summed E-state index contributed by atoms with van der Waals surface area (Å²) in [7, 11) is 1.34. The molecule has 0 heterocycles. The summed E-state index contributed by atoms with van der Waals surface area (Å²) in [5.74, 6) is -0.0513. The highest BCUT2D eigenvalue weighted by molar-refractivity contribution is 5.94. The summed E-state index contributed by atoms with van der Waals surface area (Å²) in [5, 5.41) is 2.59. The zero-order chi connectivity index (χ0) is 16.7. The van der Waals surface area contributed by atoms with Crippen LogP contribution in [0.25, 0.3) is 0 Å². The van der Waals surface area contributed by atoms with E-state index < -0.39 is 12.7 Å². The Labute approximate surface area is 128 Å². The van der Waals surface area contributed by atoms with Crippen LogP contribution in [0.1, 0.15) is 20.8 Å². The maximum absolute atomic E-state index is 12.4. The van der Waals surface area contributed by atoms with Crippen LogP contribution in [-0.4, -0.2) is 32.3 Å². The zero-order valence-corrected chi connectivity index (χ0v) is 13.1. The molecular formula is C15H21F2NO4. The molecule has 124 valence electrons. The van der Waals surface area contributed by atoms with E-state index in [0.29, 0.717) is 18.2 Å². The van der Waals surface area contributed by atoms with E-state index in [2.05, 4.69) is 10.1 Å². The first-order valence-corrected chi connectivity index (χ1v) is 6.88. The van der Waals surface area contributed by atoms with Gasteiger partial charge < -0.3 is 19.5 Å². The van der Waals surface area contributed by atoms with Gasteiger partial charge in [0.15, 0.2) is 11.5 Å². The van der Waals surface area contributed by atoms with Crippen LogP contribution in [-0.2, 0) is 9.53 Å². The fourth-order valence-corrected chi connectivity index (χ4v) is 1.60. The molecule has 0 aliphatic rings. The molecule has 0 saturated heterocycles. The first-order chi connectivity index (χ1) is 10.3. The summed E-state index contributed by atoms with van der Waals surface area (Å²) >= 11 is 0. The molecular weight excluding hydrogens is 296 g/mol. The van der Waals surface area contributed by atoms with Gasteiger partial charge in [-0.2, -0.15) is 8.78 Å². The van der Waals surface area contributed by atoms with Crippen LogP contribution < -0.4 is 14.8 Å². The number of ether oxygens (including phenoxy) is 3. The normalized spacial score (nSPS) is 12.4. The van der Waals surface area contributed by atoms with Gasteiger partial charge in [-0.25, -0.2) is 0 Å². The van der Waals surface area contributed by atoms with Gasteiger partial charge in [0, 0.05) is 18.4 Å². The summed E-state index contributed by atoms with van der Waals surface area (Å²) in [5.41, 5.74) is 0.321. The lowest BCUT2D eigenvalue weighted by Gasteiger charge is -2.16. The number of nitrogens with one attached hydrogen (secondary N) is 1. The molecule has 0 aromatic heterocycles. The van der Waals surface area contributed by atoms with Crippen molar-refractivity contribution >= 4 is 11.6 Å². The molecule has 0 aliphatic heterocycles. The number of hydrogen-bond acceptors (Lipinski definition) is 4. The average Bonchev–Trinajstić information content (AvgIpc) is 2.44. The molecule has 0 spiro atoms. The summed E-state index contributed by atoms with van der Waals surface area (Å²) in [4.78, 5) is 12.0. The number of benzene rings is 1. The van der Waals surface area contributed by atoms with Crippen molar-refractivity contribution in [3.63, 3.8) is 0 Å². The molecule has 1 rings (SSSR count). The topological polar surface area (TPSA) is 56.8 Å². The van der Waals surface area contributed by atoms with Crippen molar-refractivity contribution < 1.29 is 27.8 Å². The van der Waals surface area contributed by atoms with Crippen LogP contribution in [0, 0.1) is 5.92 Å². The van der Waals surface area contributed by atoms with Crippen LogP contribution in [0.5, 0.6) is 11.5 Å². The molecule has 0 bridgehead atoms. The SMILES string of the molecule is COc1ccc(NC(=O)C(C)OCC(C)C)cc1OC(F)F. The highest BCUT2D eigenvalue weighted by Gasteiger charge is 2.16. The van der Waals surface area contributed by atoms with Gasteiger partial charge in [0.2, 0.25) is 0 Å².